The van der Waals surface area contributed by atoms with Crippen LogP contribution < -0.4 is 0 Å². The van der Waals surface area contributed by atoms with E-state index in [9.17, 15) is 5.11 Å². The summed E-state index contributed by atoms with van der Waals surface area (Å²) >= 11 is 0. The van der Waals surface area contributed by atoms with Gasteiger partial charge in [0, 0.05) is 25.4 Å². The van der Waals surface area contributed by atoms with Crippen molar-refractivity contribution in [2.45, 2.75) is 52.7 Å². The quantitative estimate of drug-likeness (QED) is 0.877. The molecular weight excluding hydrogens is 248 g/mol. The second kappa shape index (κ2) is 6.71. The van der Waals surface area contributed by atoms with Crippen molar-refractivity contribution in [1.82, 2.24) is 9.55 Å². The lowest BCUT2D eigenvalue weighted by Gasteiger charge is -2.14. The number of benzene rings is 1. The second-order valence-electron chi connectivity index (χ2n) is 5.53. The van der Waals surface area contributed by atoms with Gasteiger partial charge in [-0.25, -0.2) is 4.98 Å². The summed E-state index contributed by atoms with van der Waals surface area (Å²) < 4.78 is 2.13. The Kier molecular flexibility index (Phi) is 4.96. The molecule has 1 aromatic carbocycles. The Morgan fingerprint density at radius 2 is 2.05 bits per heavy atom. The van der Waals surface area contributed by atoms with Crippen LogP contribution in [-0.4, -0.2) is 20.8 Å². The van der Waals surface area contributed by atoms with Gasteiger partial charge in [0.25, 0.3) is 0 Å². The molecule has 0 spiro atoms. The third-order valence-electron chi connectivity index (χ3n) is 3.64. The minimum atomic E-state index is -0.381. The highest BCUT2D eigenvalue weighted by Crippen LogP contribution is 2.14. The van der Waals surface area contributed by atoms with Gasteiger partial charge in [-0.15, -0.1) is 0 Å². The summed E-state index contributed by atoms with van der Waals surface area (Å²) in [6.45, 7) is 7.30. The van der Waals surface area contributed by atoms with Crippen molar-refractivity contribution in [3.05, 3.63) is 53.1 Å². The van der Waals surface area contributed by atoms with Crippen molar-refractivity contribution in [2.75, 3.05) is 0 Å². The monoisotopic (exact) mass is 272 g/mol. The molecule has 0 fully saturated rings. The van der Waals surface area contributed by atoms with Crippen LogP contribution in [0.3, 0.4) is 0 Å². The first-order valence-electron chi connectivity index (χ1n) is 7.34. The molecule has 0 aliphatic heterocycles. The lowest BCUT2D eigenvalue weighted by atomic mass is 9.99. The normalized spacial score (nSPS) is 12.6. The molecule has 0 amide bonds. The molecule has 1 heterocycles. The highest BCUT2D eigenvalue weighted by atomic mass is 16.3. The highest BCUT2D eigenvalue weighted by Gasteiger charge is 2.12. The molecule has 0 radical (unpaired) electrons. The summed E-state index contributed by atoms with van der Waals surface area (Å²) in [4.78, 5) is 4.36. The third kappa shape index (κ3) is 3.70. The number of hydrogen-bond donors (Lipinski definition) is 1. The molecule has 1 atom stereocenters. The Labute approximate surface area is 121 Å². The van der Waals surface area contributed by atoms with Gasteiger partial charge in [-0.3, -0.25) is 0 Å². The summed E-state index contributed by atoms with van der Waals surface area (Å²) in [5, 5.41) is 10.3. The maximum absolute atomic E-state index is 10.3. The zero-order valence-electron chi connectivity index (χ0n) is 12.6. The maximum Gasteiger partial charge on any atom is 0.111 e. The predicted molar refractivity (Wildman–Crippen MR) is 81.8 cm³/mol. The highest BCUT2D eigenvalue weighted by molar-refractivity contribution is 5.31. The first kappa shape index (κ1) is 14.8. The maximum atomic E-state index is 10.3. The van der Waals surface area contributed by atoms with Gasteiger partial charge in [0.15, 0.2) is 0 Å². The molecule has 0 aliphatic rings. The van der Waals surface area contributed by atoms with E-state index in [4.69, 9.17) is 0 Å². The molecule has 0 aliphatic carbocycles. The van der Waals surface area contributed by atoms with Crippen LogP contribution in [0.15, 0.2) is 30.6 Å². The fourth-order valence-corrected chi connectivity index (χ4v) is 2.53. The number of rotatable bonds is 6. The summed E-state index contributed by atoms with van der Waals surface area (Å²) in [5.41, 5.74) is 3.71. The second-order valence-corrected chi connectivity index (χ2v) is 5.53. The number of aryl methyl sites for hydroxylation is 3. The van der Waals surface area contributed by atoms with Crippen LogP contribution in [0.2, 0.25) is 0 Å². The molecule has 0 saturated carbocycles. The van der Waals surface area contributed by atoms with E-state index >= 15 is 0 Å². The Hall–Kier alpha value is -1.61. The van der Waals surface area contributed by atoms with Crippen molar-refractivity contribution < 1.29 is 5.11 Å². The van der Waals surface area contributed by atoms with Gasteiger partial charge in [0.1, 0.15) is 5.82 Å². The first-order valence-corrected chi connectivity index (χ1v) is 7.34. The minimum Gasteiger partial charge on any atom is -0.392 e. The van der Waals surface area contributed by atoms with Crippen molar-refractivity contribution >= 4 is 0 Å². The number of aliphatic hydroxyl groups excluding tert-OH is 1. The number of nitrogens with zero attached hydrogens (tertiary/aromatic N) is 2. The van der Waals surface area contributed by atoms with E-state index in [-0.39, 0.29) is 6.10 Å². The lowest BCUT2D eigenvalue weighted by molar-refractivity contribution is 0.171. The van der Waals surface area contributed by atoms with Gasteiger partial charge < -0.3 is 9.67 Å². The van der Waals surface area contributed by atoms with E-state index < -0.39 is 0 Å². The number of imidazole rings is 1. The average Bonchev–Trinajstić information content (AvgIpc) is 2.82. The summed E-state index contributed by atoms with van der Waals surface area (Å²) in [6, 6.07) is 6.39. The van der Waals surface area contributed by atoms with Crippen molar-refractivity contribution in [3.8, 4) is 0 Å². The molecule has 2 rings (SSSR count). The molecule has 3 heteroatoms. The Balaban J connectivity index is 2.03. The van der Waals surface area contributed by atoms with Crippen LogP contribution in [0.25, 0.3) is 0 Å². The van der Waals surface area contributed by atoms with E-state index in [2.05, 4.69) is 48.5 Å². The van der Waals surface area contributed by atoms with Crippen molar-refractivity contribution in [1.29, 1.82) is 0 Å². The Morgan fingerprint density at radius 3 is 2.80 bits per heavy atom. The smallest absolute Gasteiger partial charge is 0.111 e. The molecule has 1 aromatic heterocycles. The molecule has 1 N–H and O–H groups in total. The number of hydrogen-bond acceptors (Lipinski definition) is 2. The Morgan fingerprint density at radius 1 is 1.25 bits per heavy atom. The molecule has 3 nitrogen and oxygen atoms in total. The third-order valence-corrected chi connectivity index (χ3v) is 3.64. The standard InChI is InChI=1S/C17H24N2O/c1-4-8-19-9-7-18-17(19)12-16(20)11-15-10-13(2)5-6-14(15)3/h5-7,9-10,16,20H,4,8,11-12H2,1-3H3. The topological polar surface area (TPSA) is 38.0 Å². The largest absolute Gasteiger partial charge is 0.392 e. The zero-order valence-corrected chi connectivity index (χ0v) is 12.6. The fourth-order valence-electron chi connectivity index (χ4n) is 2.53. The molecule has 20 heavy (non-hydrogen) atoms. The van der Waals surface area contributed by atoms with E-state index in [0.29, 0.717) is 12.8 Å². The van der Waals surface area contributed by atoms with Crippen molar-refractivity contribution in [3.63, 3.8) is 0 Å². The van der Waals surface area contributed by atoms with Crippen LogP contribution in [0.5, 0.6) is 0 Å². The van der Waals surface area contributed by atoms with E-state index in [1.54, 1.807) is 0 Å². The van der Waals surface area contributed by atoms with Gasteiger partial charge in [-0.2, -0.15) is 0 Å². The van der Waals surface area contributed by atoms with Gasteiger partial charge in [-0.05, 0) is 37.8 Å². The number of aromatic nitrogens is 2. The molecule has 0 bridgehead atoms. The van der Waals surface area contributed by atoms with Gasteiger partial charge in [0.05, 0.1) is 6.10 Å². The molecule has 0 saturated heterocycles. The van der Waals surface area contributed by atoms with E-state index in [1.807, 2.05) is 12.4 Å². The molecule has 108 valence electrons. The SMILES string of the molecule is CCCn1ccnc1CC(O)Cc1cc(C)ccc1C. The van der Waals surface area contributed by atoms with Crippen LogP contribution in [0.4, 0.5) is 0 Å². The van der Waals surface area contributed by atoms with E-state index in [1.165, 1.54) is 16.7 Å². The summed E-state index contributed by atoms with van der Waals surface area (Å²) in [5.74, 6) is 0.977. The van der Waals surface area contributed by atoms with Crippen LogP contribution >= 0.6 is 0 Å². The molecule has 2 aromatic rings. The van der Waals surface area contributed by atoms with Gasteiger partial charge in [0.2, 0.25) is 0 Å². The van der Waals surface area contributed by atoms with E-state index in [0.717, 1.165) is 18.8 Å². The van der Waals surface area contributed by atoms with Crippen LogP contribution in [0.1, 0.15) is 35.9 Å². The number of aliphatic hydroxyl groups is 1. The zero-order chi connectivity index (χ0) is 14.5. The lowest BCUT2D eigenvalue weighted by Crippen LogP contribution is -2.18. The van der Waals surface area contributed by atoms with Gasteiger partial charge >= 0.3 is 0 Å². The van der Waals surface area contributed by atoms with Crippen molar-refractivity contribution in [2.24, 2.45) is 0 Å². The average molecular weight is 272 g/mol. The summed E-state index contributed by atoms with van der Waals surface area (Å²) in [6.07, 6.45) is 5.80. The predicted octanol–water partition coefficient (Wildman–Crippen LogP) is 3.06. The minimum absolute atomic E-state index is 0.381. The van der Waals surface area contributed by atoms with Crippen LogP contribution in [0, 0.1) is 13.8 Å². The first-order chi connectivity index (χ1) is 9.60. The van der Waals surface area contributed by atoms with Gasteiger partial charge in [-0.1, -0.05) is 30.7 Å². The van der Waals surface area contributed by atoms with Crippen LogP contribution in [-0.2, 0) is 19.4 Å². The Bertz CT molecular complexity index is 560. The summed E-state index contributed by atoms with van der Waals surface area (Å²) in [7, 11) is 0. The molecular formula is C17H24N2O. The fraction of sp³-hybridized carbons (Fsp3) is 0.471. The molecule has 1 unspecified atom stereocenters.